The van der Waals surface area contributed by atoms with Crippen molar-refractivity contribution in [2.24, 2.45) is 0 Å². The summed E-state index contributed by atoms with van der Waals surface area (Å²) in [6.07, 6.45) is -2.05. The monoisotopic (exact) mass is 688 g/mol. The lowest BCUT2D eigenvalue weighted by Crippen LogP contribution is -2.59. The molecule has 3 heterocycles. The van der Waals surface area contributed by atoms with Crippen LogP contribution in [0.5, 0.6) is 5.75 Å². The number of phenols is 1. The van der Waals surface area contributed by atoms with E-state index in [1.54, 1.807) is 52.8 Å². The Morgan fingerprint density at radius 3 is 2.20 bits per heavy atom. The molecule has 3 aromatic rings. The number of aliphatic hydroxyl groups is 2. The Hall–Kier alpha value is -3.71. The van der Waals surface area contributed by atoms with Crippen molar-refractivity contribution < 1.29 is 38.8 Å². The predicted molar refractivity (Wildman–Crippen MR) is 189 cm³/mol. The van der Waals surface area contributed by atoms with Gasteiger partial charge in [0, 0.05) is 34.3 Å². The highest BCUT2D eigenvalue weighted by Crippen LogP contribution is 2.49. The minimum absolute atomic E-state index is 0.0102. The van der Waals surface area contributed by atoms with Crippen LogP contribution < -0.4 is 5.43 Å². The van der Waals surface area contributed by atoms with Gasteiger partial charge in [-0.25, -0.2) is 0 Å². The second-order valence-corrected chi connectivity index (χ2v) is 14.9. The molecule has 8 atom stereocenters. The maximum atomic E-state index is 14.9. The number of aliphatic hydroxyl groups excluding tert-OH is 2. The van der Waals surface area contributed by atoms with Gasteiger partial charge in [0.2, 0.25) is 5.78 Å². The van der Waals surface area contributed by atoms with E-state index < -0.39 is 59.5 Å². The summed E-state index contributed by atoms with van der Waals surface area (Å²) in [4.78, 5) is 47.0. The fraction of sp³-hybridized carbons (Fsp3) is 0.513. The number of hydrogen-bond donors (Lipinski definition) is 3. The summed E-state index contributed by atoms with van der Waals surface area (Å²) in [6.45, 7) is 10.7. The Morgan fingerprint density at radius 2 is 1.58 bits per heavy atom. The van der Waals surface area contributed by atoms with Crippen molar-refractivity contribution in [2.45, 2.75) is 103 Å². The third-order valence-electron chi connectivity index (χ3n) is 11.5. The van der Waals surface area contributed by atoms with Gasteiger partial charge >= 0.3 is 0 Å². The summed E-state index contributed by atoms with van der Waals surface area (Å²) >= 11 is 0. The molecule has 3 N–H and O–H groups in total. The quantitative estimate of drug-likeness (QED) is 0.268. The molecule has 8 unspecified atom stereocenters. The summed E-state index contributed by atoms with van der Waals surface area (Å²) in [7, 11) is 7.46. The van der Waals surface area contributed by atoms with Crippen LogP contribution in [-0.2, 0) is 9.47 Å². The van der Waals surface area contributed by atoms with Crippen LogP contribution >= 0.6 is 0 Å². The number of likely N-dealkylation sites (N-methyl/N-ethyl adjacent to an activating group) is 2. The first-order valence-electron chi connectivity index (χ1n) is 17.2. The van der Waals surface area contributed by atoms with Crippen LogP contribution in [0.4, 0.5) is 0 Å². The summed E-state index contributed by atoms with van der Waals surface area (Å²) < 4.78 is 19.0. The number of aryl methyl sites for hydroxylation is 1. The molecule has 6 rings (SSSR count). The molecule has 2 saturated heterocycles. The van der Waals surface area contributed by atoms with Crippen molar-refractivity contribution >= 4 is 28.1 Å². The first-order valence-corrected chi connectivity index (χ1v) is 17.2. The van der Waals surface area contributed by atoms with Gasteiger partial charge in [-0.05, 0) is 111 Å². The van der Waals surface area contributed by atoms with Crippen molar-refractivity contribution in [1.29, 1.82) is 0 Å². The number of hydrogen-bond acceptors (Lipinski definition) is 11. The predicted octanol–water partition coefficient (Wildman–Crippen LogP) is 4.68. The minimum Gasteiger partial charge on any atom is -0.507 e. The van der Waals surface area contributed by atoms with Gasteiger partial charge in [-0.2, -0.15) is 0 Å². The Labute approximate surface area is 292 Å². The number of allylic oxidation sites excluding steroid dienone is 2. The number of phenolic OH excluding ortho intramolecular Hbond substituents is 1. The van der Waals surface area contributed by atoms with E-state index in [4.69, 9.17) is 13.9 Å². The molecule has 2 aliphatic heterocycles. The molecule has 3 aliphatic rings. The average Bonchev–Trinajstić information content (AvgIpc) is 3.05. The topological polar surface area (TPSA) is 150 Å². The van der Waals surface area contributed by atoms with Crippen molar-refractivity contribution in [3.8, 4) is 5.75 Å². The van der Waals surface area contributed by atoms with Crippen molar-refractivity contribution in [3.05, 3.63) is 79.2 Å². The molecule has 2 fully saturated rings. The highest BCUT2D eigenvalue weighted by molar-refractivity contribution is 6.33. The zero-order chi connectivity index (χ0) is 36.7. The highest BCUT2D eigenvalue weighted by atomic mass is 16.5. The first-order chi connectivity index (χ1) is 23.4. The molecule has 11 heteroatoms. The molecular weight excluding hydrogens is 640 g/mol. The number of carbonyl (C=O) groups excluding carboxylic acids is 2. The number of rotatable bonds is 5. The standard InChI is InChI=1S/C39H48N2O9/c1-11-17(2)26-15-25(42)29-18(3)12-23-31(37(29)50-26)36(46)32-30(35(23)45)21(27-14-24(40(7)8)33(43)19(4)48-27)13-22(34(32)44)28-16-39(6,41(9)10)38(47)20(5)49-28/h11-13,15,19-20,24,27-28,33,38,43-44,47H,14,16H2,1-10H3/b17-11+. The van der Waals surface area contributed by atoms with Gasteiger partial charge in [0.25, 0.3) is 0 Å². The minimum atomic E-state index is -0.847. The lowest BCUT2D eigenvalue weighted by molar-refractivity contribution is -0.176. The van der Waals surface area contributed by atoms with E-state index in [-0.39, 0.29) is 62.4 Å². The van der Waals surface area contributed by atoms with E-state index in [1.165, 1.54) is 6.07 Å². The summed E-state index contributed by atoms with van der Waals surface area (Å²) in [6, 6.07) is 4.29. The second kappa shape index (κ2) is 12.8. The van der Waals surface area contributed by atoms with Crippen LogP contribution in [0.25, 0.3) is 16.5 Å². The van der Waals surface area contributed by atoms with Gasteiger partial charge in [0.15, 0.2) is 16.8 Å². The van der Waals surface area contributed by atoms with E-state index in [0.29, 0.717) is 23.1 Å². The second-order valence-electron chi connectivity index (χ2n) is 14.9. The number of carbonyl (C=O) groups is 2. The maximum absolute atomic E-state index is 14.9. The average molecular weight is 689 g/mol. The molecule has 2 aromatic carbocycles. The van der Waals surface area contributed by atoms with Gasteiger partial charge in [0.1, 0.15) is 11.5 Å². The molecule has 0 bridgehead atoms. The van der Waals surface area contributed by atoms with E-state index >= 15 is 0 Å². The van der Waals surface area contributed by atoms with E-state index in [1.807, 2.05) is 44.9 Å². The Balaban J connectivity index is 1.65. The Morgan fingerprint density at radius 1 is 0.920 bits per heavy atom. The molecule has 0 spiro atoms. The molecule has 0 radical (unpaired) electrons. The number of ketones is 2. The van der Waals surface area contributed by atoms with Gasteiger partial charge in [-0.3, -0.25) is 14.4 Å². The number of fused-ring (bicyclic) bond motifs is 4. The van der Waals surface area contributed by atoms with Crippen molar-refractivity contribution in [1.82, 2.24) is 9.80 Å². The summed E-state index contributed by atoms with van der Waals surface area (Å²) in [5, 5.41) is 34.5. The third-order valence-corrected chi connectivity index (χ3v) is 11.5. The fourth-order valence-corrected chi connectivity index (χ4v) is 8.00. The first kappa shape index (κ1) is 36.1. The lowest BCUT2D eigenvalue weighted by Gasteiger charge is -2.49. The van der Waals surface area contributed by atoms with Crippen LogP contribution in [0.2, 0.25) is 0 Å². The Kier molecular flexibility index (Phi) is 9.24. The van der Waals surface area contributed by atoms with E-state index in [0.717, 1.165) is 0 Å². The lowest BCUT2D eigenvalue weighted by atomic mass is 9.74. The van der Waals surface area contributed by atoms with E-state index in [2.05, 4.69) is 0 Å². The van der Waals surface area contributed by atoms with Crippen LogP contribution in [0.1, 0.15) is 114 Å². The summed E-state index contributed by atoms with van der Waals surface area (Å²) in [5.41, 5.74) is 0.492. The van der Waals surface area contributed by atoms with Crippen LogP contribution in [0, 0.1) is 6.92 Å². The highest BCUT2D eigenvalue weighted by Gasteiger charge is 2.49. The Bertz CT molecular complexity index is 2000. The van der Waals surface area contributed by atoms with E-state index in [9.17, 15) is 29.7 Å². The van der Waals surface area contributed by atoms with Gasteiger partial charge in [-0.1, -0.05) is 6.08 Å². The fourth-order valence-electron chi connectivity index (χ4n) is 8.00. The number of aromatic hydroxyl groups is 1. The number of benzene rings is 2. The normalized spacial score (nSPS) is 30.3. The molecule has 1 aromatic heterocycles. The smallest absolute Gasteiger partial charge is 0.202 e. The van der Waals surface area contributed by atoms with Crippen molar-refractivity contribution in [3.63, 3.8) is 0 Å². The third kappa shape index (κ3) is 5.46. The largest absolute Gasteiger partial charge is 0.507 e. The molecule has 0 saturated carbocycles. The number of nitrogens with zero attached hydrogens (tertiary/aromatic N) is 2. The molecular formula is C39H48N2O9. The zero-order valence-corrected chi connectivity index (χ0v) is 30.5. The number of ether oxygens (including phenoxy) is 2. The van der Waals surface area contributed by atoms with Crippen LogP contribution in [0.15, 0.2) is 33.5 Å². The van der Waals surface area contributed by atoms with Gasteiger partial charge in [-0.15, -0.1) is 0 Å². The van der Waals surface area contributed by atoms with Crippen LogP contribution in [-0.4, -0.2) is 101 Å². The SMILES string of the molecule is C/C=C(\C)c1cc(=O)c2c(C)cc3c(c2o1)C(=O)c1c(O)c(C2CC(C)(N(C)C)C(O)C(C)O2)cc(C2CC(N(C)C)C(O)C(C)O2)c1C3=O. The molecule has 268 valence electrons. The van der Waals surface area contributed by atoms with Crippen molar-refractivity contribution in [2.75, 3.05) is 28.2 Å². The molecule has 0 amide bonds. The molecule has 11 nitrogen and oxygen atoms in total. The zero-order valence-electron chi connectivity index (χ0n) is 30.5. The molecule has 50 heavy (non-hydrogen) atoms. The molecule has 1 aliphatic carbocycles. The van der Waals surface area contributed by atoms with Gasteiger partial charge < -0.3 is 39.0 Å². The summed E-state index contributed by atoms with van der Waals surface area (Å²) in [5.74, 6) is -1.31. The maximum Gasteiger partial charge on any atom is 0.202 e. The van der Waals surface area contributed by atoms with Crippen LogP contribution in [0.3, 0.4) is 0 Å². The van der Waals surface area contributed by atoms with Gasteiger partial charge in [0.05, 0.1) is 53.1 Å².